The van der Waals surface area contributed by atoms with Crippen LogP contribution in [0.4, 0.5) is 4.39 Å². The number of fused-ring (bicyclic) bond motifs is 1. The molecule has 2 aromatic carbocycles. The predicted molar refractivity (Wildman–Crippen MR) is 120 cm³/mol. The minimum absolute atomic E-state index is 0.0719. The van der Waals surface area contributed by atoms with Gasteiger partial charge in [-0.15, -0.1) is 0 Å². The number of ether oxygens (including phenoxy) is 1. The first-order valence-corrected chi connectivity index (χ1v) is 10.7. The van der Waals surface area contributed by atoms with Crippen LogP contribution >= 0.6 is 0 Å². The topological polar surface area (TPSA) is 77.7 Å². The van der Waals surface area contributed by atoms with E-state index >= 15 is 0 Å². The Morgan fingerprint density at radius 3 is 2.56 bits per heavy atom. The van der Waals surface area contributed by atoms with Gasteiger partial charge in [-0.1, -0.05) is 0 Å². The lowest BCUT2D eigenvalue weighted by molar-refractivity contribution is -0.132. The number of amides is 2. The Labute approximate surface area is 186 Å². The van der Waals surface area contributed by atoms with Crippen molar-refractivity contribution in [2.75, 3.05) is 46.4 Å². The monoisotopic (exact) mass is 438 g/mol. The van der Waals surface area contributed by atoms with Crippen molar-refractivity contribution in [2.45, 2.75) is 6.42 Å². The average molecular weight is 439 g/mol. The maximum absolute atomic E-state index is 13.4. The number of nitrogens with zero attached hydrogens (tertiary/aromatic N) is 2. The molecular weight excluding hydrogens is 411 g/mol. The number of piperazine rings is 1. The van der Waals surface area contributed by atoms with Crippen LogP contribution in [0.5, 0.6) is 5.75 Å². The number of halogens is 1. The van der Waals surface area contributed by atoms with Crippen LogP contribution in [0.2, 0.25) is 0 Å². The number of aromatic nitrogens is 1. The molecule has 32 heavy (non-hydrogen) atoms. The fraction of sp³-hybridized carbons (Fsp3) is 0.333. The highest BCUT2D eigenvalue weighted by Gasteiger charge is 2.22. The fourth-order valence-electron chi connectivity index (χ4n) is 3.97. The number of rotatable bonds is 7. The first kappa shape index (κ1) is 21.8. The Balaban J connectivity index is 1.20. The normalized spacial score (nSPS) is 14.5. The smallest absolute Gasteiger partial charge is 0.251 e. The first-order valence-electron chi connectivity index (χ1n) is 10.7. The number of H-pyrrole nitrogens is 1. The maximum atomic E-state index is 13.4. The van der Waals surface area contributed by atoms with Crippen molar-refractivity contribution in [1.29, 1.82) is 0 Å². The summed E-state index contributed by atoms with van der Waals surface area (Å²) in [6.07, 6.45) is 2.08. The molecule has 0 saturated carbocycles. The van der Waals surface area contributed by atoms with E-state index in [1.165, 1.54) is 12.1 Å². The second kappa shape index (κ2) is 9.82. The van der Waals surface area contributed by atoms with Crippen LogP contribution in [0.1, 0.15) is 15.9 Å². The Kier molecular flexibility index (Phi) is 6.70. The molecule has 1 saturated heterocycles. The lowest BCUT2D eigenvalue weighted by Crippen LogP contribution is -2.50. The van der Waals surface area contributed by atoms with Crippen LogP contribution in [0.15, 0.2) is 48.7 Å². The van der Waals surface area contributed by atoms with Crippen LogP contribution in [-0.2, 0) is 11.2 Å². The summed E-state index contributed by atoms with van der Waals surface area (Å²) in [5.41, 5.74) is 2.18. The first-order chi connectivity index (χ1) is 15.5. The van der Waals surface area contributed by atoms with Crippen LogP contribution < -0.4 is 10.1 Å². The van der Waals surface area contributed by atoms with Gasteiger partial charge in [-0.25, -0.2) is 4.39 Å². The van der Waals surface area contributed by atoms with Gasteiger partial charge in [0.05, 0.1) is 13.5 Å². The van der Waals surface area contributed by atoms with Crippen molar-refractivity contribution in [3.63, 3.8) is 0 Å². The summed E-state index contributed by atoms with van der Waals surface area (Å²) in [5.74, 6) is 0.379. The van der Waals surface area contributed by atoms with E-state index in [-0.39, 0.29) is 17.6 Å². The molecule has 1 aromatic heterocycles. The number of carbonyl (C=O) groups excluding carboxylic acids is 2. The lowest BCUT2D eigenvalue weighted by Gasteiger charge is -2.34. The molecule has 1 aliphatic heterocycles. The van der Waals surface area contributed by atoms with E-state index in [9.17, 15) is 14.0 Å². The highest BCUT2D eigenvalue weighted by Crippen LogP contribution is 2.20. The number of nitrogens with one attached hydrogen (secondary N) is 2. The Hall–Kier alpha value is -3.39. The van der Waals surface area contributed by atoms with Crippen molar-refractivity contribution in [2.24, 2.45) is 0 Å². The number of benzene rings is 2. The Morgan fingerprint density at radius 1 is 1.09 bits per heavy atom. The molecule has 7 nitrogen and oxygen atoms in total. The Bertz CT molecular complexity index is 1090. The number of aromatic amines is 1. The van der Waals surface area contributed by atoms with Gasteiger partial charge in [0.25, 0.3) is 5.91 Å². The lowest BCUT2D eigenvalue weighted by atomic mass is 10.1. The van der Waals surface area contributed by atoms with E-state index in [0.29, 0.717) is 42.9 Å². The third-order valence-corrected chi connectivity index (χ3v) is 5.86. The van der Waals surface area contributed by atoms with E-state index < -0.39 is 0 Å². The second-order valence-corrected chi connectivity index (χ2v) is 7.89. The van der Waals surface area contributed by atoms with Crippen molar-refractivity contribution >= 4 is 22.7 Å². The summed E-state index contributed by atoms with van der Waals surface area (Å²) in [5, 5.41) is 3.82. The summed E-state index contributed by atoms with van der Waals surface area (Å²) < 4.78 is 18.5. The highest BCUT2D eigenvalue weighted by atomic mass is 19.1. The molecule has 0 atom stereocenters. The molecule has 2 heterocycles. The molecule has 2 amide bonds. The molecule has 2 N–H and O–H groups in total. The number of hydrogen-bond donors (Lipinski definition) is 2. The minimum Gasteiger partial charge on any atom is -0.497 e. The predicted octanol–water partition coefficient (Wildman–Crippen LogP) is 2.43. The van der Waals surface area contributed by atoms with Crippen LogP contribution in [-0.4, -0.2) is 73.0 Å². The summed E-state index contributed by atoms with van der Waals surface area (Å²) >= 11 is 0. The van der Waals surface area contributed by atoms with E-state index in [1.54, 1.807) is 43.6 Å². The van der Waals surface area contributed by atoms with Gasteiger partial charge in [0.15, 0.2) is 0 Å². The third-order valence-electron chi connectivity index (χ3n) is 5.86. The van der Waals surface area contributed by atoms with Crippen molar-refractivity contribution in [3.05, 3.63) is 65.6 Å². The van der Waals surface area contributed by atoms with Gasteiger partial charge in [-0.05, 0) is 48.0 Å². The molecule has 4 rings (SSSR count). The van der Waals surface area contributed by atoms with Crippen LogP contribution in [0, 0.1) is 5.82 Å². The van der Waals surface area contributed by atoms with Crippen molar-refractivity contribution in [3.8, 4) is 5.75 Å². The fourth-order valence-corrected chi connectivity index (χ4v) is 3.97. The number of methoxy groups -OCH3 is 1. The van der Waals surface area contributed by atoms with E-state index in [0.717, 1.165) is 30.6 Å². The minimum atomic E-state index is -0.298. The quantitative estimate of drug-likeness (QED) is 0.594. The van der Waals surface area contributed by atoms with Crippen LogP contribution in [0.3, 0.4) is 0 Å². The maximum Gasteiger partial charge on any atom is 0.251 e. The van der Waals surface area contributed by atoms with E-state index in [4.69, 9.17) is 4.74 Å². The summed E-state index contributed by atoms with van der Waals surface area (Å²) in [4.78, 5) is 32.1. The van der Waals surface area contributed by atoms with Gasteiger partial charge in [0, 0.05) is 61.9 Å². The van der Waals surface area contributed by atoms with Gasteiger partial charge < -0.3 is 19.9 Å². The zero-order valence-corrected chi connectivity index (χ0v) is 18.1. The van der Waals surface area contributed by atoms with Gasteiger partial charge in [-0.2, -0.15) is 0 Å². The van der Waals surface area contributed by atoms with Gasteiger partial charge in [-0.3, -0.25) is 14.5 Å². The zero-order chi connectivity index (χ0) is 22.5. The number of carbonyl (C=O) groups is 2. The Morgan fingerprint density at radius 2 is 1.84 bits per heavy atom. The standard InChI is InChI=1S/C24H27FN4O3/c1-32-20-5-2-17(3-6-20)24(31)26-8-9-28-10-12-29(13-11-28)23(30)14-18-16-27-22-15-19(25)4-7-21(18)22/h2-7,15-16,27H,8-14H2,1H3,(H,26,31). The highest BCUT2D eigenvalue weighted by molar-refractivity contribution is 5.94. The zero-order valence-electron chi connectivity index (χ0n) is 18.1. The van der Waals surface area contributed by atoms with E-state index in [2.05, 4.69) is 15.2 Å². The molecular formula is C24H27FN4O3. The molecule has 1 aliphatic rings. The molecule has 8 heteroatoms. The van der Waals surface area contributed by atoms with Crippen LogP contribution in [0.25, 0.3) is 10.9 Å². The summed E-state index contributed by atoms with van der Waals surface area (Å²) in [6.45, 7) is 4.12. The largest absolute Gasteiger partial charge is 0.497 e. The number of hydrogen-bond acceptors (Lipinski definition) is 4. The van der Waals surface area contributed by atoms with Crippen molar-refractivity contribution < 1.29 is 18.7 Å². The summed E-state index contributed by atoms with van der Waals surface area (Å²) in [7, 11) is 1.59. The van der Waals surface area contributed by atoms with Crippen molar-refractivity contribution in [1.82, 2.24) is 20.1 Å². The summed E-state index contributed by atoms with van der Waals surface area (Å²) in [6, 6.07) is 11.6. The molecule has 1 fully saturated rings. The second-order valence-electron chi connectivity index (χ2n) is 7.89. The van der Waals surface area contributed by atoms with Gasteiger partial charge in [0.1, 0.15) is 11.6 Å². The molecule has 0 unspecified atom stereocenters. The van der Waals surface area contributed by atoms with E-state index in [1.807, 2.05) is 4.90 Å². The molecule has 168 valence electrons. The average Bonchev–Trinajstić information content (AvgIpc) is 3.21. The molecule has 0 aliphatic carbocycles. The van der Waals surface area contributed by atoms with Gasteiger partial charge in [0.2, 0.25) is 5.91 Å². The SMILES string of the molecule is COc1ccc(C(=O)NCCN2CCN(C(=O)Cc3c[nH]c4cc(F)ccc34)CC2)cc1. The third kappa shape index (κ3) is 5.08. The molecule has 0 radical (unpaired) electrons. The molecule has 0 spiro atoms. The molecule has 3 aromatic rings. The van der Waals surface area contributed by atoms with Gasteiger partial charge >= 0.3 is 0 Å². The molecule has 0 bridgehead atoms.